The van der Waals surface area contributed by atoms with Crippen LogP contribution in [0, 0.1) is 17.3 Å². The number of carbonyl (C=O) groups excluding carboxylic acids is 3. The van der Waals surface area contributed by atoms with Crippen molar-refractivity contribution < 1.29 is 23.5 Å². The molecule has 0 saturated carbocycles. The minimum Gasteiger partial charge on any atom is -0.467 e. The number of ether oxygens (including phenoxy) is 1. The number of aldehydes is 1. The van der Waals surface area contributed by atoms with Gasteiger partial charge < -0.3 is 19.4 Å². The van der Waals surface area contributed by atoms with Crippen LogP contribution in [0.3, 0.4) is 0 Å². The molecular weight excluding hydrogens is 605 g/mol. The van der Waals surface area contributed by atoms with Crippen molar-refractivity contribution >= 4 is 29.6 Å². The lowest BCUT2D eigenvalue weighted by Crippen LogP contribution is -2.41. The lowest BCUT2D eigenvalue weighted by Gasteiger charge is -2.24. The normalized spacial score (nSPS) is 13.1. The van der Waals surface area contributed by atoms with Gasteiger partial charge in [0.1, 0.15) is 13.0 Å². The number of aryl methyl sites for hydroxylation is 1. The summed E-state index contributed by atoms with van der Waals surface area (Å²) in [5, 5.41) is 3.93. The Labute approximate surface area is 284 Å². The molecule has 4 rings (SSSR count). The first kappa shape index (κ1) is 36.5. The van der Waals surface area contributed by atoms with Gasteiger partial charge in [0.25, 0.3) is 6.47 Å². The van der Waals surface area contributed by atoms with Gasteiger partial charge in [-0.15, -0.1) is 0 Å². The van der Waals surface area contributed by atoms with Crippen molar-refractivity contribution in [3.63, 3.8) is 0 Å². The van der Waals surface area contributed by atoms with Crippen LogP contribution in [0.15, 0.2) is 54.7 Å². The maximum absolute atomic E-state index is 14.2. The highest BCUT2D eigenvalue weighted by atomic mass is 19.1. The molecule has 2 atom stereocenters. The zero-order valence-corrected chi connectivity index (χ0v) is 29.6. The molecule has 0 aliphatic carbocycles. The summed E-state index contributed by atoms with van der Waals surface area (Å²) in [5.74, 6) is -0.0664. The molecule has 8 heteroatoms. The first-order chi connectivity index (χ1) is 22.8. The highest BCUT2D eigenvalue weighted by molar-refractivity contribution is 5.95. The highest BCUT2D eigenvalue weighted by Gasteiger charge is 2.28. The molecule has 0 saturated heterocycles. The summed E-state index contributed by atoms with van der Waals surface area (Å²) in [6.45, 7) is 17.2. The summed E-state index contributed by atoms with van der Waals surface area (Å²) in [6.07, 6.45) is 3.48. The number of hydrogen-bond donors (Lipinski definition) is 1. The number of aromatic nitrogens is 2. The Morgan fingerprint density at radius 3 is 2.38 bits per heavy atom. The van der Waals surface area contributed by atoms with Gasteiger partial charge in [-0.25, -0.2) is 4.39 Å². The first-order valence-corrected chi connectivity index (χ1v) is 16.9. The predicted octanol–water partition coefficient (Wildman–Crippen LogP) is 8.24. The second kappa shape index (κ2) is 15.7. The molecule has 0 fully saturated rings. The topological polar surface area (TPSA) is 90.3 Å². The van der Waals surface area contributed by atoms with Crippen LogP contribution in [-0.2, 0) is 45.2 Å². The van der Waals surface area contributed by atoms with E-state index in [1.165, 1.54) is 0 Å². The fourth-order valence-corrected chi connectivity index (χ4v) is 6.41. The number of amides is 1. The van der Waals surface area contributed by atoms with Crippen molar-refractivity contribution in [2.24, 2.45) is 17.3 Å². The zero-order valence-electron chi connectivity index (χ0n) is 29.6. The second-order valence-corrected chi connectivity index (χ2v) is 14.3. The van der Waals surface area contributed by atoms with Crippen LogP contribution >= 0.6 is 0 Å². The molecule has 48 heavy (non-hydrogen) atoms. The summed E-state index contributed by atoms with van der Waals surface area (Å²) >= 11 is 0. The van der Waals surface area contributed by atoms with Crippen molar-refractivity contribution in [3.05, 3.63) is 77.1 Å². The van der Waals surface area contributed by atoms with Gasteiger partial charge in [-0.2, -0.15) is 0 Å². The van der Waals surface area contributed by atoms with Gasteiger partial charge >= 0.3 is 0 Å². The second-order valence-electron chi connectivity index (χ2n) is 14.3. The fourth-order valence-electron chi connectivity index (χ4n) is 6.41. The van der Waals surface area contributed by atoms with Gasteiger partial charge in [-0.05, 0) is 89.8 Å². The molecule has 2 aromatic carbocycles. The van der Waals surface area contributed by atoms with Crippen LogP contribution in [0.25, 0.3) is 33.3 Å². The van der Waals surface area contributed by atoms with E-state index >= 15 is 0 Å². The van der Waals surface area contributed by atoms with E-state index in [4.69, 9.17) is 9.72 Å². The van der Waals surface area contributed by atoms with Crippen molar-refractivity contribution in [1.82, 2.24) is 14.9 Å². The van der Waals surface area contributed by atoms with Gasteiger partial charge in [0, 0.05) is 40.5 Å². The van der Waals surface area contributed by atoms with Gasteiger partial charge in [0.2, 0.25) is 5.91 Å². The number of carbonyl (C=O) groups is 3. The summed E-state index contributed by atoms with van der Waals surface area (Å²) in [4.78, 5) is 40.7. The zero-order chi connectivity index (χ0) is 35.2. The molecule has 7 nitrogen and oxygen atoms in total. The van der Waals surface area contributed by atoms with E-state index in [0.29, 0.717) is 18.5 Å². The van der Waals surface area contributed by atoms with Crippen LogP contribution in [0.1, 0.15) is 83.7 Å². The molecule has 2 aromatic heterocycles. The Hall–Kier alpha value is -4.33. The molecule has 256 valence electrons. The number of nitrogens with one attached hydrogen (secondary N) is 1. The molecule has 1 N–H and O–H groups in total. The Bertz CT molecular complexity index is 1760. The molecule has 1 amide bonds. The first-order valence-electron chi connectivity index (χ1n) is 16.9. The number of pyridine rings is 1. The van der Waals surface area contributed by atoms with E-state index in [2.05, 4.69) is 68.8 Å². The van der Waals surface area contributed by atoms with Gasteiger partial charge in [-0.3, -0.25) is 14.6 Å². The number of alkyl halides is 1. The van der Waals surface area contributed by atoms with Crippen LogP contribution in [-0.4, -0.2) is 40.9 Å². The maximum atomic E-state index is 14.2. The Morgan fingerprint density at radius 1 is 1.02 bits per heavy atom. The summed E-state index contributed by atoms with van der Waals surface area (Å²) in [7, 11) is 0. The van der Waals surface area contributed by atoms with Crippen LogP contribution in [0.5, 0.6) is 0 Å². The molecule has 0 radical (unpaired) electrons. The summed E-state index contributed by atoms with van der Waals surface area (Å²) < 4.78 is 21.8. The molecule has 2 heterocycles. The average molecular weight is 656 g/mol. The number of fused-ring (bicyclic) bond motifs is 1. The molecular formula is C40H50FN3O4. The summed E-state index contributed by atoms with van der Waals surface area (Å²) in [6, 6.07) is 15.3. The Kier molecular flexibility index (Phi) is 11.9. The van der Waals surface area contributed by atoms with E-state index in [1.54, 1.807) is 6.07 Å². The third kappa shape index (κ3) is 8.20. The third-order valence-electron chi connectivity index (χ3n) is 9.22. The van der Waals surface area contributed by atoms with E-state index in [9.17, 15) is 18.8 Å². The third-order valence-corrected chi connectivity index (χ3v) is 9.22. The Balaban J connectivity index is 1.88. The molecule has 4 aromatic rings. The van der Waals surface area contributed by atoms with E-state index < -0.39 is 12.7 Å². The smallest absolute Gasteiger partial charge is 0.293 e. The number of benzene rings is 2. The van der Waals surface area contributed by atoms with Crippen molar-refractivity contribution in [2.45, 2.75) is 93.4 Å². The van der Waals surface area contributed by atoms with Gasteiger partial charge in [0.05, 0.1) is 24.0 Å². The summed E-state index contributed by atoms with van der Waals surface area (Å²) in [5.41, 5.74) is 8.05. The Morgan fingerprint density at radius 2 is 1.75 bits per heavy atom. The average Bonchev–Trinajstić information content (AvgIpc) is 3.37. The largest absolute Gasteiger partial charge is 0.467 e. The lowest BCUT2D eigenvalue weighted by molar-refractivity contribution is -0.131. The minimum atomic E-state index is -0.720. The molecule has 0 aliphatic heterocycles. The monoisotopic (exact) mass is 655 g/mol. The van der Waals surface area contributed by atoms with Crippen molar-refractivity contribution in [1.29, 1.82) is 0 Å². The van der Waals surface area contributed by atoms with Crippen LogP contribution in [0.2, 0.25) is 0 Å². The van der Waals surface area contributed by atoms with Gasteiger partial charge in [-0.1, -0.05) is 66.7 Å². The lowest BCUT2D eigenvalue weighted by atomic mass is 9.84. The van der Waals surface area contributed by atoms with E-state index in [0.717, 1.165) is 62.9 Å². The molecule has 0 bridgehead atoms. The minimum absolute atomic E-state index is 0.139. The number of nitrogens with zero attached hydrogens (tertiary/aromatic N) is 2. The predicted molar refractivity (Wildman–Crippen MR) is 190 cm³/mol. The highest BCUT2D eigenvalue weighted by Crippen LogP contribution is 2.41. The van der Waals surface area contributed by atoms with Crippen LogP contribution < -0.4 is 5.32 Å². The fraction of sp³-hybridized carbons (Fsp3) is 0.450. The molecule has 0 aliphatic rings. The number of hydrogen-bond acceptors (Lipinski definition) is 5. The molecule has 0 spiro atoms. The van der Waals surface area contributed by atoms with E-state index in [-0.39, 0.29) is 42.1 Å². The number of halogens is 1. The molecule has 2 unspecified atom stereocenters. The quantitative estimate of drug-likeness (QED) is 0.123. The SMILES string of the molecule is CCn1c(-c2cccnc2C(C)C)c(CC(C)(C)COC=O)c2cc(-c3cc(CF)cc(CC(C=O)NC(=O)C(C)C(C)C)c3)ccc21. The van der Waals surface area contributed by atoms with Crippen molar-refractivity contribution in [2.75, 3.05) is 6.61 Å². The van der Waals surface area contributed by atoms with Crippen molar-refractivity contribution in [3.8, 4) is 22.4 Å². The van der Waals surface area contributed by atoms with E-state index in [1.807, 2.05) is 45.2 Å². The van der Waals surface area contributed by atoms with Gasteiger partial charge in [0.15, 0.2) is 0 Å². The number of rotatable bonds is 16. The maximum Gasteiger partial charge on any atom is 0.293 e. The standard InChI is InChI=1S/C40H50FN3O4/c1-9-44-36-13-12-30(31-16-28(15-29(17-31)21-41)18-32(22-45)43-39(47)27(6)25(2)3)19-34(36)35(20-40(7,8)23-48-24-46)38(44)33-11-10-14-42-37(33)26(4)5/h10-17,19,22,24-27,32H,9,18,20-21,23H2,1-8H3,(H,43,47). The van der Waals surface area contributed by atoms with Crippen LogP contribution in [0.4, 0.5) is 4.39 Å².